The zero-order valence-electron chi connectivity index (χ0n) is 8.86. The Morgan fingerprint density at radius 3 is 2.53 bits per heavy atom. The van der Waals surface area contributed by atoms with Crippen LogP contribution < -0.4 is 0 Å². The highest BCUT2D eigenvalue weighted by atomic mass is 127. The third-order valence-electron chi connectivity index (χ3n) is 2.44. The molecule has 0 saturated carbocycles. The van der Waals surface area contributed by atoms with E-state index >= 15 is 0 Å². The van der Waals surface area contributed by atoms with Gasteiger partial charge in [-0.25, -0.2) is 0 Å². The number of hydrogen-bond acceptors (Lipinski definition) is 2. The Morgan fingerprint density at radius 1 is 1.27 bits per heavy atom. The summed E-state index contributed by atoms with van der Waals surface area (Å²) in [5.74, 6) is 0. The van der Waals surface area contributed by atoms with Crippen LogP contribution in [0.15, 0.2) is 24.3 Å². The topological polar surface area (TPSA) is 40.5 Å². The van der Waals surface area contributed by atoms with Gasteiger partial charge in [-0.2, -0.15) is 0 Å². The monoisotopic (exact) mass is 320 g/mol. The largest absolute Gasteiger partial charge is 0.390 e. The summed E-state index contributed by atoms with van der Waals surface area (Å²) >= 11 is 2.18. The summed E-state index contributed by atoms with van der Waals surface area (Å²) in [4.78, 5) is 0. The van der Waals surface area contributed by atoms with Crippen LogP contribution in [0, 0.1) is 3.57 Å². The van der Waals surface area contributed by atoms with Crippen molar-refractivity contribution in [1.82, 2.24) is 0 Å². The van der Waals surface area contributed by atoms with Gasteiger partial charge in [-0.3, -0.25) is 0 Å². The van der Waals surface area contributed by atoms with Crippen molar-refractivity contribution in [2.24, 2.45) is 0 Å². The predicted octanol–water partition coefficient (Wildman–Crippen LogP) is 2.88. The van der Waals surface area contributed by atoms with Gasteiger partial charge in [0.1, 0.15) is 6.10 Å². The fraction of sp³-hybridized carbons (Fsp3) is 0.500. The lowest BCUT2D eigenvalue weighted by Crippen LogP contribution is -2.18. The Hall–Kier alpha value is -0.130. The van der Waals surface area contributed by atoms with Gasteiger partial charge in [-0.1, -0.05) is 38.0 Å². The van der Waals surface area contributed by atoms with Crippen molar-refractivity contribution in [1.29, 1.82) is 0 Å². The molecule has 0 bridgehead atoms. The van der Waals surface area contributed by atoms with E-state index in [1.807, 2.05) is 24.3 Å². The molecule has 2 atom stereocenters. The van der Waals surface area contributed by atoms with Gasteiger partial charge in [0.2, 0.25) is 0 Å². The smallest absolute Gasteiger partial charge is 0.106 e. The van der Waals surface area contributed by atoms with Crippen molar-refractivity contribution in [3.63, 3.8) is 0 Å². The average molecular weight is 320 g/mol. The second kappa shape index (κ2) is 6.45. The maximum Gasteiger partial charge on any atom is 0.106 e. The van der Waals surface area contributed by atoms with Crippen molar-refractivity contribution >= 4 is 22.6 Å². The number of rotatable bonds is 5. The quantitative estimate of drug-likeness (QED) is 0.819. The minimum Gasteiger partial charge on any atom is -0.390 e. The van der Waals surface area contributed by atoms with Crippen molar-refractivity contribution in [3.05, 3.63) is 33.4 Å². The van der Waals surface area contributed by atoms with Crippen LogP contribution in [0.25, 0.3) is 0 Å². The maximum absolute atomic E-state index is 9.94. The van der Waals surface area contributed by atoms with E-state index in [2.05, 4.69) is 29.5 Å². The molecule has 15 heavy (non-hydrogen) atoms. The summed E-state index contributed by atoms with van der Waals surface area (Å²) in [7, 11) is 0. The van der Waals surface area contributed by atoms with Gasteiger partial charge in [0.25, 0.3) is 0 Å². The lowest BCUT2D eigenvalue weighted by molar-refractivity contribution is 0.0118. The molecule has 2 nitrogen and oxygen atoms in total. The van der Waals surface area contributed by atoms with Gasteiger partial charge in [0.15, 0.2) is 0 Å². The molecule has 0 aliphatic carbocycles. The Morgan fingerprint density at radius 2 is 1.93 bits per heavy atom. The molecule has 0 aliphatic rings. The van der Waals surface area contributed by atoms with Crippen LogP contribution in [-0.4, -0.2) is 16.3 Å². The number of benzene rings is 1. The second-order valence-electron chi connectivity index (χ2n) is 3.68. The molecule has 0 saturated heterocycles. The van der Waals surface area contributed by atoms with Crippen LogP contribution >= 0.6 is 22.6 Å². The first kappa shape index (κ1) is 12.9. The predicted molar refractivity (Wildman–Crippen MR) is 69.7 cm³/mol. The van der Waals surface area contributed by atoms with Crippen LogP contribution in [0.4, 0.5) is 0 Å². The molecule has 0 spiro atoms. The fourth-order valence-electron chi connectivity index (χ4n) is 1.49. The van der Waals surface area contributed by atoms with E-state index in [-0.39, 0.29) is 0 Å². The van der Waals surface area contributed by atoms with Crippen molar-refractivity contribution in [2.45, 2.75) is 38.4 Å². The molecule has 0 aromatic heterocycles. The lowest BCUT2D eigenvalue weighted by atomic mass is 10.0. The highest BCUT2D eigenvalue weighted by Gasteiger charge is 2.19. The minimum absolute atomic E-state index is 0.652. The standard InChI is InChI=1S/C12H17IO2/c1-2-3-8-11(14)12(15)9-6-4-5-7-10(9)13/h4-7,11-12,14-15H,2-3,8H2,1H3/t11?,12-/m1/s1. The molecule has 0 amide bonds. The Balaban J connectivity index is 2.67. The highest BCUT2D eigenvalue weighted by molar-refractivity contribution is 14.1. The van der Waals surface area contributed by atoms with Crippen LogP contribution in [0.2, 0.25) is 0 Å². The molecule has 84 valence electrons. The molecule has 0 heterocycles. The first-order chi connectivity index (χ1) is 7.16. The van der Waals surface area contributed by atoms with Gasteiger partial charge in [-0.05, 0) is 40.6 Å². The van der Waals surface area contributed by atoms with Crippen LogP contribution in [0.1, 0.15) is 37.9 Å². The molecule has 0 radical (unpaired) electrons. The fourth-order valence-corrected chi connectivity index (χ4v) is 2.20. The molecule has 0 fully saturated rings. The van der Waals surface area contributed by atoms with Crippen molar-refractivity contribution in [3.8, 4) is 0 Å². The summed E-state index contributed by atoms with van der Waals surface area (Å²) < 4.78 is 0.998. The third-order valence-corrected chi connectivity index (χ3v) is 3.42. The molecule has 0 aliphatic heterocycles. The van der Waals surface area contributed by atoms with E-state index in [1.54, 1.807) is 0 Å². The normalized spacial score (nSPS) is 14.9. The number of aliphatic hydroxyl groups excluding tert-OH is 2. The first-order valence-electron chi connectivity index (χ1n) is 5.27. The van der Waals surface area contributed by atoms with E-state index in [4.69, 9.17) is 0 Å². The molecule has 2 N–H and O–H groups in total. The molecule has 1 rings (SSSR count). The SMILES string of the molecule is CCCCC(O)[C@H](O)c1ccccc1I. The zero-order chi connectivity index (χ0) is 11.3. The number of halogens is 1. The van der Waals surface area contributed by atoms with Gasteiger partial charge in [0, 0.05) is 3.57 Å². The number of hydrogen-bond donors (Lipinski definition) is 2. The number of aliphatic hydroxyl groups is 2. The Kier molecular flexibility index (Phi) is 5.56. The van der Waals surface area contributed by atoms with E-state index in [0.717, 1.165) is 22.0 Å². The summed E-state index contributed by atoms with van der Waals surface area (Å²) in [5.41, 5.74) is 0.821. The van der Waals surface area contributed by atoms with Gasteiger partial charge in [0.05, 0.1) is 6.10 Å². The lowest BCUT2D eigenvalue weighted by Gasteiger charge is -2.18. The van der Waals surface area contributed by atoms with Crippen molar-refractivity contribution in [2.75, 3.05) is 0 Å². The number of unbranched alkanes of at least 4 members (excludes halogenated alkanes) is 1. The first-order valence-corrected chi connectivity index (χ1v) is 6.35. The Bertz CT molecular complexity index is 301. The molecule has 1 unspecified atom stereocenters. The zero-order valence-corrected chi connectivity index (χ0v) is 11.0. The van der Waals surface area contributed by atoms with E-state index in [0.29, 0.717) is 6.42 Å². The summed E-state index contributed by atoms with van der Waals surface area (Å²) in [6, 6.07) is 7.61. The van der Waals surface area contributed by atoms with Crippen LogP contribution in [0.3, 0.4) is 0 Å². The summed E-state index contributed by atoms with van der Waals surface area (Å²) in [5, 5.41) is 19.7. The molecule has 1 aromatic carbocycles. The van der Waals surface area contributed by atoms with E-state index < -0.39 is 12.2 Å². The van der Waals surface area contributed by atoms with Gasteiger partial charge < -0.3 is 10.2 Å². The van der Waals surface area contributed by atoms with Crippen LogP contribution in [0.5, 0.6) is 0 Å². The maximum atomic E-state index is 9.94. The second-order valence-corrected chi connectivity index (χ2v) is 4.84. The van der Waals surface area contributed by atoms with Crippen LogP contribution in [-0.2, 0) is 0 Å². The van der Waals surface area contributed by atoms with E-state index in [1.165, 1.54) is 0 Å². The van der Waals surface area contributed by atoms with Gasteiger partial charge in [-0.15, -0.1) is 0 Å². The average Bonchev–Trinajstić information content (AvgIpc) is 2.25. The summed E-state index contributed by atoms with van der Waals surface area (Å²) in [6.45, 7) is 2.07. The molecule has 3 heteroatoms. The van der Waals surface area contributed by atoms with E-state index in [9.17, 15) is 10.2 Å². The van der Waals surface area contributed by atoms with Gasteiger partial charge >= 0.3 is 0 Å². The molecular weight excluding hydrogens is 303 g/mol. The summed E-state index contributed by atoms with van der Waals surface area (Å²) in [6.07, 6.45) is 1.23. The molecular formula is C12H17IO2. The highest BCUT2D eigenvalue weighted by Crippen LogP contribution is 2.24. The van der Waals surface area contributed by atoms with Crippen molar-refractivity contribution < 1.29 is 10.2 Å². The molecule has 1 aromatic rings. The third kappa shape index (κ3) is 3.74. The minimum atomic E-state index is -0.760. The Labute approximate surface area is 104 Å².